The Bertz CT molecular complexity index is 333. The Labute approximate surface area is 106 Å². The molecule has 0 N–H and O–H groups in total. The fourth-order valence-corrected chi connectivity index (χ4v) is 2.96. The van der Waals surface area contributed by atoms with Crippen LogP contribution in [0.4, 0.5) is 0 Å². The van der Waals surface area contributed by atoms with E-state index in [9.17, 15) is 0 Å². The third-order valence-electron chi connectivity index (χ3n) is 3.79. The SMILES string of the molecule is CC(C)(C)Cc1ccc(C2CCCCC2)cc1. The quantitative estimate of drug-likeness (QED) is 0.644. The van der Waals surface area contributed by atoms with E-state index in [2.05, 4.69) is 45.0 Å². The monoisotopic (exact) mass is 230 g/mol. The van der Waals surface area contributed by atoms with Crippen molar-refractivity contribution < 1.29 is 0 Å². The molecule has 0 heterocycles. The third-order valence-corrected chi connectivity index (χ3v) is 3.79. The van der Waals surface area contributed by atoms with Crippen LogP contribution in [0.1, 0.15) is 69.9 Å². The minimum absolute atomic E-state index is 0.395. The second-order valence-corrected chi connectivity index (χ2v) is 6.81. The van der Waals surface area contributed by atoms with Gasteiger partial charge in [0.25, 0.3) is 0 Å². The molecule has 0 saturated heterocycles. The highest BCUT2D eigenvalue weighted by Crippen LogP contribution is 2.33. The summed E-state index contributed by atoms with van der Waals surface area (Å²) in [7, 11) is 0. The van der Waals surface area contributed by atoms with Gasteiger partial charge < -0.3 is 0 Å². The van der Waals surface area contributed by atoms with Gasteiger partial charge in [0.15, 0.2) is 0 Å². The van der Waals surface area contributed by atoms with Gasteiger partial charge in [-0.1, -0.05) is 64.3 Å². The van der Waals surface area contributed by atoms with Crippen LogP contribution < -0.4 is 0 Å². The molecule has 1 aromatic rings. The van der Waals surface area contributed by atoms with Crippen LogP contribution in [0.3, 0.4) is 0 Å². The van der Waals surface area contributed by atoms with Gasteiger partial charge in [-0.25, -0.2) is 0 Å². The van der Waals surface area contributed by atoms with Crippen LogP contribution in [-0.2, 0) is 6.42 Å². The van der Waals surface area contributed by atoms with E-state index in [0.29, 0.717) is 5.41 Å². The Morgan fingerprint density at radius 2 is 1.53 bits per heavy atom. The summed E-state index contributed by atoms with van der Waals surface area (Å²) < 4.78 is 0. The van der Waals surface area contributed by atoms with Gasteiger partial charge in [-0.05, 0) is 41.7 Å². The first-order chi connectivity index (χ1) is 8.04. The van der Waals surface area contributed by atoms with E-state index < -0.39 is 0 Å². The topological polar surface area (TPSA) is 0 Å². The van der Waals surface area contributed by atoms with Crippen molar-refractivity contribution >= 4 is 0 Å². The van der Waals surface area contributed by atoms with Crippen LogP contribution >= 0.6 is 0 Å². The molecule has 94 valence electrons. The zero-order valence-electron chi connectivity index (χ0n) is 11.6. The second kappa shape index (κ2) is 5.25. The van der Waals surface area contributed by atoms with E-state index in [1.807, 2.05) is 0 Å². The summed E-state index contributed by atoms with van der Waals surface area (Å²) in [5.74, 6) is 0.840. The summed E-state index contributed by atoms with van der Waals surface area (Å²) in [6.45, 7) is 6.92. The van der Waals surface area contributed by atoms with E-state index in [0.717, 1.165) is 5.92 Å². The molecule has 17 heavy (non-hydrogen) atoms. The van der Waals surface area contributed by atoms with Crippen LogP contribution in [0.15, 0.2) is 24.3 Å². The lowest BCUT2D eigenvalue weighted by molar-refractivity contribution is 0.411. The number of hydrogen-bond donors (Lipinski definition) is 0. The highest BCUT2D eigenvalue weighted by molar-refractivity contribution is 5.26. The summed E-state index contributed by atoms with van der Waals surface area (Å²) >= 11 is 0. The van der Waals surface area contributed by atoms with Crippen LogP contribution in [0.2, 0.25) is 0 Å². The zero-order chi connectivity index (χ0) is 12.3. The predicted molar refractivity (Wildman–Crippen MR) is 75.4 cm³/mol. The summed E-state index contributed by atoms with van der Waals surface area (Å²) in [4.78, 5) is 0. The molecule has 0 spiro atoms. The molecular weight excluding hydrogens is 204 g/mol. The Kier molecular flexibility index (Phi) is 3.91. The lowest BCUT2D eigenvalue weighted by atomic mass is 9.83. The lowest BCUT2D eigenvalue weighted by Gasteiger charge is -2.23. The number of rotatable bonds is 2. The van der Waals surface area contributed by atoms with Crippen LogP contribution in [-0.4, -0.2) is 0 Å². The van der Waals surface area contributed by atoms with Crippen molar-refractivity contribution in [1.82, 2.24) is 0 Å². The minimum Gasteiger partial charge on any atom is -0.0599 e. The maximum atomic E-state index is 2.37. The molecule has 1 aromatic carbocycles. The maximum Gasteiger partial charge on any atom is -0.0162 e. The molecule has 0 amide bonds. The molecule has 0 aliphatic heterocycles. The summed E-state index contributed by atoms with van der Waals surface area (Å²) in [5.41, 5.74) is 3.45. The smallest absolute Gasteiger partial charge is 0.0162 e. The molecule has 1 saturated carbocycles. The van der Waals surface area contributed by atoms with Gasteiger partial charge in [-0.3, -0.25) is 0 Å². The minimum atomic E-state index is 0.395. The maximum absolute atomic E-state index is 2.37. The van der Waals surface area contributed by atoms with Crippen LogP contribution in [0, 0.1) is 5.41 Å². The average molecular weight is 230 g/mol. The van der Waals surface area contributed by atoms with E-state index in [1.54, 1.807) is 5.56 Å². The zero-order valence-corrected chi connectivity index (χ0v) is 11.6. The standard InChI is InChI=1S/C17H26/c1-17(2,3)13-14-9-11-16(12-10-14)15-7-5-4-6-8-15/h9-12,15H,4-8,13H2,1-3H3. The number of hydrogen-bond acceptors (Lipinski definition) is 0. The Morgan fingerprint density at radius 3 is 2.06 bits per heavy atom. The molecule has 0 nitrogen and oxygen atoms in total. The normalized spacial score (nSPS) is 18.3. The first-order valence-electron chi connectivity index (χ1n) is 7.13. The molecule has 0 heteroatoms. The first kappa shape index (κ1) is 12.7. The molecule has 0 atom stereocenters. The molecule has 0 aromatic heterocycles. The van der Waals surface area contributed by atoms with Crippen molar-refractivity contribution in [2.45, 2.75) is 65.2 Å². The van der Waals surface area contributed by atoms with E-state index >= 15 is 0 Å². The van der Waals surface area contributed by atoms with Gasteiger partial charge in [0.1, 0.15) is 0 Å². The fraction of sp³-hybridized carbons (Fsp3) is 0.647. The Hall–Kier alpha value is -0.780. The van der Waals surface area contributed by atoms with Crippen molar-refractivity contribution in [2.24, 2.45) is 5.41 Å². The number of benzene rings is 1. The highest BCUT2D eigenvalue weighted by Gasteiger charge is 2.16. The highest BCUT2D eigenvalue weighted by atomic mass is 14.2. The van der Waals surface area contributed by atoms with Crippen LogP contribution in [0.25, 0.3) is 0 Å². The average Bonchev–Trinajstić information content (AvgIpc) is 2.29. The third kappa shape index (κ3) is 3.87. The van der Waals surface area contributed by atoms with Gasteiger partial charge in [0.05, 0.1) is 0 Å². The largest absolute Gasteiger partial charge is 0.0599 e. The van der Waals surface area contributed by atoms with Crippen molar-refractivity contribution in [3.8, 4) is 0 Å². The Morgan fingerprint density at radius 1 is 0.941 bits per heavy atom. The molecule has 0 bridgehead atoms. The Balaban J connectivity index is 2.02. The van der Waals surface area contributed by atoms with Crippen molar-refractivity contribution in [1.29, 1.82) is 0 Å². The van der Waals surface area contributed by atoms with Crippen LogP contribution in [0.5, 0.6) is 0 Å². The summed E-state index contributed by atoms with van der Waals surface area (Å²) in [6.07, 6.45) is 8.27. The van der Waals surface area contributed by atoms with Gasteiger partial charge in [0.2, 0.25) is 0 Å². The molecule has 0 radical (unpaired) electrons. The molecule has 0 unspecified atom stereocenters. The predicted octanol–water partition coefficient (Wildman–Crippen LogP) is 5.32. The molecule has 1 aliphatic carbocycles. The van der Waals surface area contributed by atoms with E-state index in [1.165, 1.54) is 44.1 Å². The van der Waals surface area contributed by atoms with Gasteiger partial charge in [0, 0.05) is 0 Å². The molecular formula is C17H26. The molecule has 2 rings (SSSR count). The summed E-state index contributed by atoms with van der Waals surface area (Å²) in [5, 5.41) is 0. The van der Waals surface area contributed by atoms with Crippen molar-refractivity contribution in [3.63, 3.8) is 0 Å². The molecule has 1 fully saturated rings. The second-order valence-electron chi connectivity index (χ2n) is 6.81. The first-order valence-corrected chi connectivity index (χ1v) is 7.13. The van der Waals surface area contributed by atoms with Gasteiger partial charge >= 0.3 is 0 Å². The van der Waals surface area contributed by atoms with Gasteiger partial charge in [-0.2, -0.15) is 0 Å². The van der Waals surface area contributed by atoms with E-state index in [-0.39, 0.29) is 0 Å². The summed E-state index contributed by atoms with van der Waals surface area (Å²) in [6, 6.07) is 9.43. The fourth-order valence-electron chi connectivity index (χ4n) is 2.96. The molecule has 1 aliphatic rings. The van der Waals surface area contributed by atoms with Gasteiger partial charge in [-0.15, -0.1) is 0 Å². The van der Waals surface area contributed by atoms with E-state index in [4.69, 9.17) is 0 Å². The lowest BCUT2D eigenvalue weighted by Crippen LogP contribution is -2.09. The van der Waals surface area contributed by atoms with Crippen molar-refractivity contribution in [2.75, 3.05) is 0 Å². The van der Waals surface area contributed by atoms with Crippen molar-refractivity contribution in [3.05, 3.63) is 35.4 Å².